The number of hydrogen-bond acceptors (Lipinski definition) is 6. The average Bonchev–Trinajstić information content (AvgIpc) is 2.83. The van der Waals surface area contributed by atoms with Crippen molar-refractivity contribution in [3.05, 3.63) is 107 Å². The number of nitrogens with zero attached hydrogens (tertiary/aromatic N) is 4. The summed E-state index contributed by atoms with van der Waals surface area (Å²) < 4.78 is 0. The molecule has 0 aliphatic heterocycles. The maximum Gasteiger partial charge on any atom is 0.177 e. The Kier molecular flexibility index (Phi) is 7.51. The highest BCUT2D eigenvalue weighted by Gasteiger charge is 2.17. The third kappa shape index (κ3) is 6.16. The Morgan fingerprint density at radius 3 is 1.41 bits per heavy atom. The largest absolute Gasteiger partial charge is 0.294 e. The van der Waals surface area contributed by atoms with Gasteiger partial charge in [0, 0.05) is 0 Å². The Labute approximate surface area is 185 Å². The summed E-state index contributed by atoms with van der Waals surface area (Å²) in [5.74, 6) is -0.518. The third-order valence-corrected chi connectivity index (χ3v) is 4.47. The maximum atomic E-state index is 12.5. The van der Waals surface area contributed by atoms with E-state index in [9.17, 15) is 20.1 Å². The van der Waals surface area contributed by atoms with Crippen LogP contribution in [0.25, 0.3) is 12.2 Å². The average molecular weight is 418 g/mol. The zero-order valence-electron chi connectivity index (χ0n) is 17.1. The number of hydrogen-bond donors (Lipinski definition) is 0. The summed E-state index contributed by atoms with van der Waals surface area (Å²) in [7, 11) is 0. The molecule has 1 aromatic heterocycles. The van der Waals surface area contributed by atoms with Crippen molar-refractivity contribution in [2.24, 2.45) is 0 Å². The molecule has 0 aliphatic rings. The first kappa shape index (κ1) is 22.0. The lowest BCUT2D eigenvalue weighted by Gasteiger charge is -2.07. The van der Waals surface area contributed by atoms with Crippen molar-refractivity contribution < 1.29 is 9.59 Å². The number of aromatic nitrogens is 2. The minimum atomic E-state index is -0.259. The summed E-state index contributed by atoms with van der Waals surface area (Å²) in [6, 6.07) is 22.3. The molecule has 3 aromatic rings. The van der Waals surface area contributed by atoms with Crippen LogP contribution in [0.3, 0.4) is 0 Å². The van der Waals surface area contributed by atoms with Crippen LogP contribution in [0.15, 0.2) is 72.8 Å². The van der Waals surface area contributed by atoms with E-state index in [1.165, 1.54) is 12.2 Å². The van der Waals surface area contributed by atoms with E-state index < -0.39 is 0 Å². The van der Waals surface area contributed by atoms with Gasteiger partial charge in [0.05, 0.1) is 24.2 Å². The van der Waals surface area contributed by atoms with Crippen molar-refractivity contribution >= 4 is 23.7 Å². The fourth-order valence-corrected chi connectivity index (χ4v) is 2.90. The summed E-state index contributed by atoms with van der Waals surface area (Å²) >= 11 is 0. The van der Waals surface area contributed by atoms with Crippen LogP contribution in [0.4, 0.5) is 0 Å². The van der Waals surface area contributed by atoms with Crippen molar-refractivity contribution in [3.63, 3.8) is 0 Å². The van der Waals surface area contributed by atoms with Crippen molar-refractivity contribution in [2.45, 2.75) is 12.8 Å². The molecule has 1 heterocycles. The summed E-state index contributed by atoms with van der Waals surface area (Å²) in [5.41, 5.74) is 1.82. The van der Waals surface area contributed by atoms with Gasteiger partial charge in [-0.3, -0.25) is 9.59 Å². The van der Waals surface area contributed by atoms with Gasteiger partial charge in [-0.2, -0.15) is 10.5 Å². The van der Waals surface area contributed by atoms with Gasteiger partial charge >= 0.3 is 0 Å². The zero-order valence-corrected chi connectivity index (χ0v) is 17.1. The number of benzene rings is 2. The molecule has 3 rings (SSSR count). The SMILES string of the molecule is N#Cc1nc(CC(=O)C=Cc2ccccc2)c(CC(=O)C=Cc2ccccc2)nc1C#N. The minimum Gasteiger partial charge on any atom is -0.294 e. The topological polar surface area (TPSA) is 108 Å². The Morgan fingerprint density at radius 2 is 1.06 bits per heavy atom. The van der Waals surface area contributed by atoms with Crippen LogP contribution in [0, 0.1) is 22.7 Å². The Bertz CT molecular complexity index is 1160. The number of rotatable bonds is 8. The summed E-state index contributed by atoms with van der Waals surface area (Å²) in [6.45, 7) is 0. The molecule has 0 bridgehead atoms. The lowest BCUT2D eigenvalue weighted by Crippen LogP contribution is -2.13. The zero-order chi connectivity index (χ0) is 22.8. The van der Waals surface area contributed by atoms with E-state index in [0.717, 1.165) is 11.1 Å². The molecule has 2 aromatic carbocycles. The molecule has 0 fully saturated rings. The van der Waals surface area contributed by atoms with E-state index >= 15 is 0 Å². The highest BCUT2D eigenvalue weighted by Crippen LogP contribution is 2.13. The third-order valence-electron chi connectivity index (χ3n) is 4.47. The van der Waals surface area contributed by atoms with Gasteiger partial charge in [0.15, 0.2) is 23.0 Å². The normalized spacial score (nSPS) is 10.7. The second-order valence-corrected chi connectivity index (χ2v) is 6.81. The van der Waals surface area contributed by atoms with Crippen molar-refractivity contribution in [3.8, 4) is 12.1 Å². The van der Waals surface area contributed by atoms with Crippen molar-refractivity contribution in [1.29, 1.82) is 10.5 Å². The van der Waals surface area contributed by atoms with E-state index in [4.69, 9.17) is 0 Å². The summed E-state index contributed by atoms with van der Waals surface area (Å²) in [6.07, 6.45) is 5.92. The van der Waals surface area contributed by atoms with E-state index in [1.54, 1.807) is 12.2 Å². The number of allylic oxidation sites excluding steroid dienone is 2. The molecule has 154 valence electrons. The number of carbonyl (C=O) groups excluding carboxylic acids is 2. The lowest BCUT2D eigenvalue weighted by atomic mass is 10.1. The molecule has 0 saturated heterocycles. The van der Waals surface area contributed by atoms with Gasteiger partial charge in [0.2, 0.25) is 0 Å². The van der Waals surface area contributed by atoms with Gasteiger partial charge in [-0.05, 0) is 23.3 Å². The predicted molar refractivity (Wildman–Crippen MR) is 120 cm³/mol. The fraction of sp³-hybridized carbons (Fsp3) is 0.0769. The van der Waals surface area contributed by atoms with E-state index in [0.29, 0.717) is 0 Å². The van der Waals surface area contributed by atoms with Crippen LogP contribution in [0.2, 0.25) is 0 Å². The van der Waals surface area contributed by atoms with Gasteiger partial charge in [0.25, 0.3) is 0 Å². The van der Waals surface area contributed by atoms with E-state index in [-0.39, 0.29) is 47.2 Å². The van der Waals surface area contributed by atoms with E-state index in [1.807, 2.05) is 72.8 Å². The first-order valence-electron chi connectivity index (χ1n) is 9.81. The molecule has 0 unspecified atom stereocenters. The quantitative estimate of drug-likeness (QED) is 0.514. The monoisotopic (exact) mass is 418 g/mol. The molecule has 6 heteroatoms. The van der Waals surface area contributed by atoms with E-state index in [2.05, 4.69) is 9.97 Å². The number of nitriles is 2. The first-order valence-corrected chi connectivity index (χ1v) is 9.81. The molecule has 6 nitrogen and oxygen atoms in total. The molecule has 0 amide bonds. The molecule has 0 N–H and O–H groups in total. The van der Waals surface area contributed by atoms with Gasteiger partial charge in [-0.25, -0.2) is 9.97 Å². The number of ketones is 2. The molecule has 0 saturated carbocycles. The summed E-state index contributed by atoms with van der Waals surface area (Å²) in [4.78, 5) is 33.3. The van der Waals surface area contributed by atoms with Crippen LogP contribution < -0.4 is 0 Å². The second kappa shape index (κ2) is 10.9. The van der Waals surface area contributed by atoms with Gasteiger partial charge in [0.1, 0.15) is 12.1 Å². The van der Waals surface area contributed by atoms with Crippen LogP contribution in [-0.4, -0.2) is 21.5 Å². The molecular formula is C26H18N4O2. The number of carbonyl (C=O) groups is 2. The van der Waals surface area contributed by atoms with Gasteiger partial charge in [-0.1, -0.05) is 72.8 Å². The van der Waals surface area contributed by atoms with Crippen LogP contribution in [0.5, 0.6) is 0 Å². The molecule has 0 atom stereocenters. The predicted octanol–water partition coefficient (Wildman–Crippen LogP) is 3.87. The Hall–Kier alpha value is -4.68. The van der Waals surface area contributed by atoms with Crippen molar-refractivity contribution in [2.75, 3.05) is 0 Å². The van der Waals surface area contributed by atoms with Gasteiger partial charge < -0.3 is 0 Å². The smallest absolute Gasteiger partial charge is 0.177 e. The standard InChI is InChI=1S/C26H18N4O2/c27-17-25-26(18-28)30-24(16-22(32)14-12-20-9-5-2-6-10-20)23(29-25)15-21(31)13-11-19-7-3-1-4-8-19/h1-14H,15-16H2. The Balaban J connectivity index is 1.83. The molecule has 32 heavy (non-hydrogen) atoms. The molecule has 0 radical (unpaired) electrons. The fourth-order valence-electron chi connectivity index (χ4n) is 2.90. The molecule has 0 aliphatic carbocycles. The minimum absolute atomic E-state index is 0.137. The van der Waals surface area contributed by atoms with Crippen LogP contribution >= 0.6 is 0 Å². The molecule has 0 spiro atoms. The molecular weight excluding hydrogens is 400 g/mol. The van der Waals surface area contributed by atoms with Crippen molar-refractivity contribution in [1.82, 2.24) is 9.97 Å². The van der Waals surface area contributed by atoms with Crippen LogP contribution in [0.1, 0.15) is 33.9 Å². The Morgan fingerprint density at radius 1 is 0.688 bits per heavy atom. The highest BCUT2D eigenvalue weighted by atomic mass is 16.1. The van der Waals surface area contributed by atoms with Gasteiger partial charge in [-0.15, -0.1) is 0 Å². The maximum absolute atomic E-state index is 12.5. The first-order chi connectivity index (χ1) is 15.6. The lowest BCUT2D eigenvalue weighted by molar-refractivity contribution is -0.115. The summed E-state index contributed by atoms with van der Waals surface area (Å²) in [5, 5.41) is 18.5. The second-order valence-electron chi connectivity index (χ2n) is 6.81. The highest BCUT2D eigenvalue weighted by molar-refractivity contribution is 5.96. The van der Waals surface area contributed by atoms with Crippen LogP contribution in [-0.2, 0) is 22.4 Å².